The van der Waals surface area contributed by atoms with Gasteiger partial charge in [-0.1, -0.05) is 0 Å². The number of hydrogen-bond donors (Lipinski definition) is 1. The fourth-order valence-electron chi connectivity index (χ4n) is 1.29. The molecule has 4 heteroatoms. The number of benzene rings is 1. The van der Waals surface area contributed by atoms with E-state index < -0.39 is 11.6 Å². The Morgan fingerprint density at radius 3 is 2.56 bits per heavy atom. The van der Waals surface area contributed by atoms with Crippen LogP contribution >= 0.6 is 0 Å². The van der Waals surface area contributed by atoms with Crippen LogP contribution in [0.4, 0.5) is 0 Å². The van der Waals surface area contributed by atoms with Crippen LogP contribution in [0.15, 0.2) is 24.3 Å². The molecule has 0 aliphatic heterocycles. The Labute approximate surface area is 107 Å². The smallest absolute Gasteiger partial charge is 0.331 e. The van der Waals surface area contributed by atoms with Crippen LogP contribution in [0.2, 0.25) is 0 Å². The van der Waals surface area contributed by atoms with Gasteiger partial charge in [-0.25, -0.2) is 4.79 Å². The van der Waals surface area contributed by atoms with Crippen molar-refractivity contribution in [1.29, 1.82) is 0 Å². The second-order valence-corrected chi connectivity index (χ2v) is 4.79. The van der Waals surface area contributed by atoms with Crippen molar-refractivity contribution >= 4 is 12.0 Å². The molecule has 0 fully saturated rings. The van der Waals surface area contributed by atoms with Crippen molar-refractivity contribution in [2.75, 3.05) is 7.11 Å². The molecule has 0 amide bonds. The number of phenols is 1. The summed E-state index contributed by atoms with van der Waals surface area (Å²) in [7, 11) is 1.54. The summed E-state index contributed by atoms with van der Waals surface area (Å²) in [6.45, 7) is 5.38. The summed E-state index contributed by atoms with van der Waals surface area (Å²) in [5.74, 6) is 0.233. The van der Waals surface area contributed by atoms with E-state index in [1.165, 1.54) is 25.3 Å². The highest BCUT2D eigenvalue weighted by molar-refractivity contribution is 5.87. The molecule has 0 aliphatic rings. The predicted molar refractivity (Wildman–Crippen MR) is 69.5 cm³/mol. The van der Waals surface area contributed by atoms with Crippen LogP contribution in [-0.2, 0) is 9.53 Å². The second kappa shape index (κ2) is 5.58. The van der Waals surface area contributed by atoms with Crippen molar-refractivity contribution in [3.63, 3.8) is 0 Å². The molecule has 98 valence electrons. The van der Waals surface area contributed by atoms with Crippen LogP contribution in [0.5, 0.6) is 11.5 Å². The van der Waals surface area contributed by atoms with E-state index in [0.29, 0.717) is 11.3 Å². The number of ether oxygens (including phenoxy) is 2. The topological polar surface area (TPSA) is 55.8 Å². The van der Waals surface area contributed by atoms with Crippen molar-refractivity contribution in [3.8, 4) is 11.5 Å². The molecular weight excluding hydrogens is 232 g/mol. The standard InChI is InChI=1S/C14H18O4/c1-14(2,3)18-13(16)8-5-10-9-11(17-4)6-7-12(10)15/h5-9,15H,1-4H3/b8-5+. The first-order valence-corrected chi connectivity index (χ1v) is 5.60. The first-order valence-electron chi connectivity index (χ1n) is 5.60. The van der Waals surface area contributed by atoms with Crippen molar-refractivity contribution < 1.29 is 19.4 Å². The SMILES string of the molecule is COc1ccc(O)c(/C=C/C(=O)OC(C)(C)C)c1. The number of carbonyl (C=O) groups excluding carboxylic acids is 1. The largest absolute Gasteiger partial charge is 0.507 e. The zero-order valence-electron chi connectivity index (χ0n) is 11.1. The minimum absolute atomic E-state index is 0.0793. The van der Waals surface area contributed by atoms with Gasteiger partial charge < -0.3 is 14.6 Å². The van der Waals surface area contributed by atoms with Gasteiger partial charge in [0.25, 0.3) is 0 Å². The Kier molecular flexibility index (Phi) is 4.37. The molecule has 0 aliphatic carbocycles. The summed E-state index contributed by atoms with van der Waals surface area (Å²) >= 11 is 0. The van der Waals surface area contributed by atoms with E-state index in [0.717, 1.165) is 0 Å². The number of aromatic hydroxyl groups is 1. The van der Waals surface area contributed by atoms with Gasteiger partial charge in [0.1, 0.15) is 17.1 Å². The summed E-state index contributed by atoms with van der Waals surface area (Å²) in [5, 5.41) is 9.62. The molecule has 1 rings (SSSR count). The van der Waals surface area contributed by atoms with Crippen LogP contribution < -0.4 is 4.74 Å². The second-order valence-electron chi connectivity index (χ2n) is 4.79. The van der Waals surface area contributed by atoms with E-state index in [1.54, 1.807) is 32.9 Å². The van der Waals surface area contributed by atoms with Crippen LogP contribution in [0, 0.1) is 0 Å². The molecule has 0 saturated heterocycles. The van der Waals surface area contributed by atoms with Gasteiger partial charge in [-0.15, -0.1) is 0 Å². The normalized spacial score (nSPS) is 11.6. The first-order chi connectivity index (χ1) is 8.31. The van der Waals surface area contributed by atoms with Gasteiger partial charge in [0, 0.05) is 11.6 Å². The Bertz CT molecular complexity index is 455. The van der Waals surface area contributed by atoms with Gasteiger partial charge in [-0.05, 0) is 45.0 Å². The maximum Gasteiger partial charge on any atom is 0.331 e. The summed E-state index contributed by atoms with van der Waals surface area (Å²) in [5.41, 5.74) is -0.0297. The lowest BCUT2D eigenvalue weighted by atomic mass is 10.1. The monoisotopic (exact) mass is 250 g/mol. The summed E-state index contributed by atoms with van der Waals surface area (Å²) in [6.07, 6.45) is 2.77. The lowest BCUT2D eigenvalue weighted by Gasteiger charge is -2.17. The molecule has 0 spiro atoms. The Morgan fingerprint density at radius 2 is 2.00 bits per heavy atom. The molecule has 0 unspecified atom stereocenters. The summed E-state index contributed by atoms with van der Waals surface area (Å²) in [4.78, 5) is 11.5. The zero-order chi connectivity index (χ0) is 13.8. The molecule has 0 bridgehead atoms. The van der Waals surface area contributed by atoms with Gasteiger partial charge in [0.2, 0.25) is 0 Å². The van der Waals surface area contributed by atoms with Gasteiger partial charge in [0.05, 0.1) is 7.11 Å². The highest BCUT2D eigenvalue weighted by Crippen LogP contribution is 2.24. The molecule has 1 aromatic carbocycles. The molecule has 0 atom stereocenters. The van der Waals surface area contributed by atoms with Crippen molar-refractivity contribution in [1.82, 2.24) is 0 Å². The Hall–Kier alpha value is -1.97. The maximum atomic E-state index is 11.5. The number of esters is 1. The Morgan fingerprint density at radius 1 is 1.33 bits per heavy atom. The van der Waals surface area contributed by atoms with E-state index in [4.69, 9.17) is 9.47 Å². The molecule has 0 saturated carbocycles. The predicted octanol–water partition coefficient (Wildman–Crippen LogP) is 2.76. The molecule has 0 aromatic heterocycles. The van der Waals surface area contributed by atoms with Gasteiger partial charge in [-0.2, -0.15) is 0 Å². The quantitative estimate of drug-likeness (QED) is 0.662. The van der Waals surface area contributed by atoms with E-state index in [9.17, 15) is 9.90 Å². The van der Waals surface area contributed by atoms with Gasteiger partial charge in [0.15, 0.2) is 0 Å². The Balaban J connectivity index is 2.81. The minimum Gasteiger partial charge on any atom is -0.507 e. The molecule has 4 nitrogen and oxygen atoms in total. The highest BCUT2D eigenvalue weighted by Gasteiger charge is 2.14. The average Bonchev–Trinajstić information content (AvgIpc) is 2.25. The molecule has 0 heterocycles. The average molecular weight is 250 g/mol. The summed E-state index contributed by atoms with van der Waals surface area (Å²) in [6, 6.07) is 4.78. The fraction of sp³-hybridized carbons (Fsp3) is 0.357. The summed E-state index contributed by atoms with van der Waals surface area (Å²) < 4.78 is 10.2. The third-order valence-corrected chi connectivity index (χ3v) is 2.04. The number of rotatable bonds is 3. The number of methoxy groups -OCH3 is 1. The van der Waals surface area contributed by atoms with Gasteiger partial charge in [-0.3, -0.25) is 0 Å². The van der Waals surface area contributed by atoms with E-state index in [1.807, 2.05) is 0 Å². The maximum absolute atomic E-state index is 11.5. The van der Waals surface area contributed by atoms with Crippen LogP contribution in [-0.4, -0.2) is 23.8 Å². The molecule has 0 radical (unpaired) electrons. The van der Waals surface area contributed by atoms with Crippen LogP contribution in [0.3, 0.4) is 0 Å². The van der Waals surface area contributed by atoms with Crippen molar-refractivity contribution in [2.45, 2.75) is 26.4 Å². The lowest BCUT2D eigenvalue weighted by molar-refractivity contribution is -0.148. The molecule has 18 heavy (non-hydrogen) atoms. The van der Waals surface area contributed by atoms with E-state index in [-0.39, 0.29) is 5.75 Å². The van der Waals surface area contributed by atoms with Crippen LogP contribution in [0.25, 0.3) is 6.08 Å². The highest BCUT2D eigenvalue weighted by atomic mass is 16.6. The molecule has 1 N–H and O–H groups in total. The van der Waals surface area contributed by atoms with Crippen LogP contribution in [0.1, 0.15) is 26.3 Å². The third-order valence-electron chi connectivity index (χ3n) is 2.04. The molecular formula is C14H18O4. The fourth-order valence-corrected chi connectivity index (χ4v) is 1.29. The van der Waals surface area contributed by atoms with Crippen molar-refractivity contribution in [3.05, 3.63) is 29.8 Å². The van der Waals surface area contributed by atoms with E-state index >= 15 is 0 Å². The zero-order valence-corrected chi connectivity index (χ0v) is 11.1. The number of carbonyl (C=O) groups is 1. The lowest BCUT2D eigenvalue weighted by Crippen LogP contribution is -2.22. The van der Waals surface area contributed by atoms with E-state index in [2.05, 4.69) is 0 Å². The van der Waals surface area contributed by atoms with Crippen molar-refractivity contribution in [2.24, 2.45) is 0 Å². The molecule has 1 aromatic rings. The minimum atomic E-state index is -0.530. The number of phenolic OH excluding ortho intramolecular Hbond substituents is 1. The number of hydrogen-bond acceptors (Lipinski definition) is 4. The van der Waals surface area contributed by atoms with Gasteiger partial charge >= 0.3 is 5.97 Å². The first kappa shape index (κ1) is 14.1. The third kappa shape index (κ3) is 4.49.